The van der Waals surface area contributed by atoms with E-state index in [1.807, 2.05) is 11.8 Å². The van der Waals surface area contributed by atoms with E-state index in [0.29, 0.717) is 10.5 Å². The first-order valence-electron chi connectivity index (χ1n) is 7.06. The maximum atomic E-state index is 12.1. The molecule has 4 nitrogen and oxygen atoms in total. The van der Waals surface area contributed by atoms with Gasteiger partial charge in [-0.25, -0.2) is 0 Å². The highest BCUT2D eigenvalue weighted by atomic mass is 32.2. The first-order valence-corrected chi connectivity index (χ1v) is 8.00. The average Bonchev–Trinajstić information content (AvgIpc) is 2.71. The summed E-state index contributed by atoms with van der Waals surface area (Å²) in [5.41, 5.74) is -0.514. The molecule has 3 atom stereocenters. The Morgan fingerprint density at radius 3 is 2.74 bits per heavy atom. The average molecular weight is 289 g/mol. The number of esters is 1. The van der Waals surface area contributed by atoms with E-state index in [4.69, 9.17) is 9.84 Å². The van der Waals surface area contributed by atoms with Gasteiger partial charge in [-0.3, -0.25) is 10.1 Å². The number of thioether (sulfide) groups is 1. The fourth-order valence-corrected chi connectivity index (χ4v) is 4.35. The largest absolute Gasteiger partial charge is 0.468 e. The highest BCUT2D eigenvalue weighted by Gasteiger charge is 2.46. The van der Waals surface area contributed by atoms with Crippen LogP contribution in [-0.4, -0.2) is 46.9 Å². The van der Waals surface area contributed by atoms with Crippen molar-refractivity contribution >= 4 is 17.7 Å². The SMILES string of the molecule is COC(=O)C1(NC(C)C)CCC(SC(C)CCO)C1. The van der Waals surface area contributed by atoms with Crippen LogP contribution in [0.15, 0.2) is 0 Å². The monoisotopic (exact) mass is 289 g/mol. The second kappa shape index (κ2) is 7.50. The van der Waals surface area contributed by atoms with Gasteiger partial charge in [0, 0.05) is 23.1 Å². The van der Waals surface area contributed by atoms with Crippen molar-refractivity contribution in [2.75, 3.05) is 13.7 Å². The summed E-state index contributed by atoms with van der Waals surface area (Å²) in [5, 5.41) is 13.3. The molecule has 1 rings (SSSR count). The van der Waals surface area contributed by atoms with Gasteiger partial charge in [-0.05, 0) is 39.5 Å². The van der Waals surface area contributed by atoms with E-state index in [2.05, 4.69) is 26.1 Å². The fraction of sp³-hybridized carbons (Fsp3) is 0.929. The first-order chi connectivity index (χ1) is 8.93. The zero-order valence-electron chi connectivity index (χ0n) is 12.4. The van der Waals surface area contributed by atoms with E-state index in [1.54, 1.807) is 0 Å². The van der Waals surface area contributed by atoms with Gasteiger partial charge in [-0.1, -0.05) is 6.92 Å². The van der Waals surface area contributed by atoms with Crippen LogP contribution in [0.25, 0.3) is 0 Å². The molecule has 0 aromatic carbocycles. The molecule has 19 heavy (non-hydrogen) atoms. The van der Waals surface area contributed by atoms with Gasteiger partial charge in [-0.15, -0.1) is 0 Å². The molecule has 0 aromatic heterocycles. The van der Waals surface area contributed by atoms with E-state index in [9.17, 15) is 4.79 Å². The van der Waals surface area contributed by atoms with Crippen LogP contribution in [0.4, 0.5) is 0 Å². The number of rotatable bonds is 7. The maximum absolute atomic E-state index is 12.1. The Morgan fingerprint density at radius 1 is 1.53 bits per heavy atom. The van der Waals surface area contributed by atoms with Gasteiger partial charge >= 0.3 is 5.97 Å². The van der Waals surface area contributed by atoms with Gasteiger partial charge in [0.05, 0.1) is 7.11 Å². The summed E-state index contributed by atoms with van der Waals surface area (Å²) in [7, 11) is 1.46. The molecule has 5 heteroatoms. The Labute approximate surface area is 120 Å². The van der Waals surface area contributed by atoms with Crippen LogP contribution in [0, 0.1) is 0 Å². The summed E-state index contributed by atoms with van der Waals surface area (Å²) in [4.78, 5) is 12.1. The van der Waals surface area contributed by atoms with Crippen molar-refractivity contribution in [2.45, 2.75) is 68.5 Å². The predicted molar refractivity (Wildman–Crippen MR) is 79.4 cm³/mol. The normalized spacial score (nSPS) is 28.6. The lowest BCUT2D eigenvalue weighted by Crippen LogP contribution is -2.53. The number of carbonyl (C=O) groups is 1. The van der Waals surface area contributed by atoms with E-state index in [0.717, 1.165) is 25.7 Å². The summed E-state index contributed by atoms with van der Waals surface area (Å²) in [5.74, 6) is -0.140. The van der Waals surface area contributed by atoms with Crippen LogP contribution >= 0.6 is 11.8 Å². The Balaban J connectivity index is 2.63. The van der Waals surface area contributed by atoms with Crippen molar-refractivity contribution in [1.29, 1.82) is 0 Å². The molecule has 1 fully saturated rings. The smallest absolute Gasteiger partial charge is 0.326 e. The van der Waals surface area contributed by atoms with Crippen LogP contribution in [0.2, 0.25) is 0 Å². The van der Waals surface area contributed by atoms with E-state index < -0.39 is 5.54 Å². The van der Waals surface area contributed by atoms with Crippen LogP contribution in [0.3, 0.4) is 0 Å². The third-order valence-corrected chi connectivity index (χ3v) is 5.06. The zero-order valence-corrected chi connectivity index (χ0v) is 13.3. The molecule has 0 aliphatic heterocycles. The topological polar surface area (TPSA) is 58.6 Å². The van der Waals surface area contributed by atoms with Crippen molar-refractivity contribution < 1.29 is 14.6 Å². The molecule has 2 N–H and O–H groups in total. The van der Waals surface area contributed by atoms with Crippen molar-refractivity contribution in [3.63, 3.8) is 0 Å². The maximum Gasteiger partial charge on any atom is 0.326 e. The van der Waals surface area contributed by atoms with Gasteiger partial charge in [0.25, 0.3) is 0 Å². The Hall–Kier alpha value is -0.260. The van der Waals surface area contributed by atoms with Crippen molar-refractivity contribution in [1.82, 2.24) is 5.32 Å². The van der Waals surface area contributed by atoms with Crippen molar-refractivity contribution in [3.05, 3.63) is 0 Å². The highest BCUT2D eigenvalue weighted by molar-refractivity contribution is 8.00. The van der Waals surface area contributed by atoms with Gasteiger partial charge in [0.2, 0.25) is 0 Å². The molecule has 1 aliphatic carbocycles. The minimum Gasteiger partial charge on any atom is -0.468 e. The molecular formula is C14H27NO3S. The summed E-state index contributed by atoms with van der Waals surface area (Å²) in [6.45, 7) is 6.47. The predicted octanol–water partition coefficient (Wildman–Crippen LogP) is 1.95. The number of aliphatic hydroxyl groups is 1. The third-order valence-electron chi connectivity index (χ3n) is 3.57. The Kier molecular flexibility index (Phi) is 6.63. The number of hydrogen-bond acceptors (Lipinski definition) is 5. The second-order valence-corrected chi connectivity index (χ2v) is 7.44. The zero-order chi connectivity index (χ0) is 14.5. The Bertz CT molecular complexity index is 298. The van der Waals surface area contributed by atoms with Crippen LogP contribution < -0.4 is 5.32 Å². The molecule has 3 unspecified atom stereocenters. The number of methoxy groups -OCH3 is 1. The molecule has 0 heterocycles. The van der Waals surface area contributed by atoms with Crippen LogP contribution in [-0.2, 0) is 9.53 Å². The molecule has 0 amide bonds. The molecule has 1 saturated carbocycles. The molecule has 0 spiro atoms. The number of hydrogen-bond donors (Lipinski definition) is 2. The van der Waals surface area contributed by atoms with Crippen molar-refractivity contribution in [3.8, 4) is 0 Å². The van der Waals surface area contributed by atoms with E-state index in [-0.39, 0.29) is 18.6 Å². The van der Waals surface area contributed by atoms with Gasteiger partial charge in [0.1, 0.15) is 5.54 Å². The van der Waals surface area contributed by atoms with Gasteiger partial charge in [0.15, 0.2) is 0 Å². The lowest BCUT2D eigenvalue weighted by molar-refractivity contribution is -0.148. The quantitative estimate of drug-likeness (QED) is 0.702. The minimum atomic E-state index is -0.514. The molecule has 0 saturated heterocycles. The molecule has 1 aliphatic rings. The fourth-order valence-electron chi connectivity index (χ4n) is 2.82. The Morgan fingerprint density at radius 2 is 2.21 bits per heavy atom. The molecule has 0 aromatic rings. The van der Waals surface area contributed by atoms with E-state index in [1.165, 1.54) is 7.11 Å². The number of aliphatic hydroxyl groups excluding tert-OH is 1. The molecular weight excluding hydrogens is 262 g/mol. The summed E-state index contributed by atoms with van der Waals surface area (Å²) in [6, 6.07) is 0.262. The third kappa shape index (κ3) is 4.65. The minimum absolute atomic E-state index is 0.140. The standard InChI is InChI=1S/C14H27NO3S/c1-10(2)15-14(13(17)18-4)7-5-12(9-14)19-11(3)6-8-16/h10-12,15-16H,5-9H2,1-4H3. The van der Waals surface area contributed by atoms with Gasteiger partial charge in [-0.2, -0.15) is 11.8 Å². The molecule has 0 bridgehead atoms. The summed E-state index contributed by atoms with van der Waals surface area (Å²) in [6.07, 6.45) is 3.49. The molecule has 0 radical (unpaired) electrons. The van der Waals surface area contributed by atoms with Crippen LogP contribution in [0.1, 0.15) is 46.5 Å². The lowest BCUT2D eigenvalue weighted by Gasteiger charge is -2.30. The number of nitrogens with one attached hydrogen (secondary N) is 1. The van der Waals surface area contributed by atoms with Crippen molar-refractivity contribution in [2.24, 2.45) is 0 Å². The van der Waals surface area contributed by atoms with Crippen LogP contribution in [0.5, 0.6) is 0 Å². The second-order valence-electron chi connectivity index (χ2n) is 5.70. The van der Waals surface area contributed by atoms with E-state index >= 15 is 0 Å². The number of carbonyl (C=O) groups excluding carboxylic acids is 1. The number of ether oxygens (including phenoxy) is 1. The van der Waals surface area contributed by atoms with Gasteiger partial charge < -0.3 is 9.84 Å². The summed E-state index contributed by atoms with van der Waals surface area (Å²) >= 11 is 1.88. The summed E-state index contributed by atoms with van der Waals surface area (Å²) < 4.78 is 4.99. The first kappa shape index (κ1) is 16.8. The molecule has 112 valence electrons. The lowest BCUT2D eigenvalue weighted by atomic mass is 9.96. The highest BCUT2D eigenvalue weighted by Crippen LogP contribution is 2.40.